The highest BCUT2D eigenvalue weighted by Gasteiger charge is 2.35. The van der Waals surface area contributed by atoms with Crippen LogP contribution in [0.25, 0.3) is 0 Å². The summed E-state index contributed by atoms with van der Waals surface area (Å²) in [7, 11) is 0. The Kier molecular flexibility index (Phi) is 8.95. The summed E-state index contributed by atoms with van der Waals surface area (Å²) < 4.78 is 0. The molecule has 0 aliphatic carbocycles. The summed E-state index contributed by atoms with van der Waals surface area (Å²) in [5.41, 5.74) is 3.25. The minimum atomic E-state index is -0.987. The lowest BCUT2D eigenvalue weighted by Crippen LogP contribution is -2.39. The van der Waals surface area contributed by atoms with Gasteiger partial charge in [0.2, 0.25) is 0 Å². The third kappa shape index (κ3) is 5.72. The van der Waals surface area contributed by atoms with Crippen molar-refractivity contribution < 1.29 is 14.7 Å². The first-order valence-corrected chi connectivity index (χ1v) is 14.0. The predicted octanol–water partition coefficient (Wildman–Crippen LogP) is 6.05. The molecule has 0 spiro atoms. The van der Waals surface area contributed by atoms with Crippen molar-refractivity contribution in [3.63, 3.8) is 0 Å². The molecule has 0 bridgehead atoms. The van der Waals surface area contributed by atoms with Gasteiger partial charge >= 0.3 is 0 Å². The van der Waals surface area contributed by atoms with Crippen molar-refractivity contribution in [2.45, 2.75) is 71.1 Å². The molecule has 4 rings (SSSR count). The highest BCUT2D eigenvalue weighted by Crippen LogP contribution is 2.43. The standard InChI is InChI=1S/C30H39ClN2O3/c1-3-4-5-11-21(2)28(30(35)36)24-13-10-19-33(27-14-7-6-12-23(24)27)29(34)25-16-15-22(20-26(25)31)32-17-8-9-18-32/h6-7,12,14-16,20-21,24,28H,3-5,8-11,13,17-19H2,1-2H3,(H,35,36)/p-1/t21?,24-,28-/m0/s1. The quantitative estimate of drug-likeness (QED) is 0.386. The molecule has 0 radical (unpaired) electrons. The van der Waals surface area contributed by atoms with Gasteiger partial charge in [-0.3, -0.25) is 4.79 Å². The number of fused-ring (bicyclic) bond motifs is 1. The number of nitrogens with zero attached hydrogens (tertiary/aromatic N) is 2. The van der Waals surface area contributed by atoms with Crippen molar-refractivity contribution in [3.05, 3.63) is 58.6 Å². The zero-order valence-corrected chi connectivity index (χ0v) is 22.3. The zero-order valence-electron chi connectivity index (χ0n) is 21.5. The molecule has 2 aliphatic rings. The zero-order chi connectivity index (χ0) is 25.7. The number of anilines is 2. The molecule has 1 saturated heterocycles. The molecule has 1 fully saturated rings. The number of unbranched alkanes of at least 4 members (excludes halogenated alkanes) is 2. The lowest BCUT2D eigenvalue weighted by Gasteiger charge is -2.33. The van der Waals surface area contributed by atoms with Gasteiger partial charge in [0.25, 0.3) is 5.91 Å². The van der Waals surface area contributed by atoms with Crippen LogP contribution in [0.15, 0.2) is 42.5 Å². The number of hydrogen-bond acceptors (Lipinski definition) is 4. The monoisotopic (exact) mass is 509 g/mol. The first-order chi connectivity index (χ1) is 17.4. The van der Waals surface area contributed by atoms with Crippen molar-refractivity contribution in [2.24, 2.45) is 11.8 Å². The summed E-state index contributed by atoms with van der Waals surface area (Å²) in [6, 6.07) is 13.5. The number of carboxylic acid groups (broad SMARTS) is 1. The van der Waals surface area contributed by atoms with Gasteiger partial charge in [0.15, 0.2) is 0 Å². The minimum Gasteiger partial charge on any atom is -0.550 e. The molecule has 0 aromatic heterocycles. The number of rotatable bonds is 9. The molecule has 36 heavy (non-hydrogen) atoms. The first-order valence-electron chi connectivity index (χ1n) is 13.6. The molecule has 1 unspecified atom stereocenters. The number of aliphatic carboxylic acids is 1. The third-order valence-corrected chi connectivity index (χ3v) is 8.32. The largest absolute Gasteiger partial charge is 0.550 e. The predicted molar refractivity (Wildman–Crippen MR) is 145 cm³/mol. The van der Waals surface area contributed by atoms with Crippen LogP contribution in [-0.4, -0.2) is 31.5 Å². The summed E-state index contributed by atoms with van der Waals surface area (Å²) in [6.45, 7) is 6.75. The second-order valence-electron chi connectivity index (χ2n) is 10.4. The Balaban J connectivity index is 1.62. The van der Waals surface area contributed by atoms with Gasteiger partial charge in [0.05, 0.1) is 10.6 Å². The van der Waals surface area contributed by atoms with Crippen LogP contribution in [0, 0.1) is 11.8 Å². The van der Waals surface area contributed by atoms with Crippen molar-refractivity contribution in [3.8, 4) is 0 Å². The van der Waals surface area contributed by atoms with E-state index in [9.17, 15) is 14.7 Å². The van der Waals surface area contributed by atoms with E-state index in [-0.39, 0.29) is 17.7 Å². The molecule has 5 nitrogen and oxygen atoms in total. The number of carbonyl (C=O) groups is 2. The van der Waals surface area contributed by atoms with E-state index in [1.807, 2.05) is 49.4 Å². The Labute approximate surface area is 220 Å². The number of carboxylic acids is 1. The summed E-state index contributed by atoms with van der Waals surface area (Å²) in [5, 5.41) is 12.9. The van der Waals surface area contributed by atoms with Crippen molar-refractivity contribution in [1.82, 2.24) is 0 Å². The summed E-state index contributed by atoms with van der Waals surface area (Å²) in [5.74, 6) is -1.88. The maximum absolute atomic E-state index is 13.8. The molecule has 3 atom stereocenters. The van der Waals surface area contributed by atoms with E-state index in [0.29, 0.717) is 23.6 Å². The van der Waals surface area contributed by atoms with Crippen molar-refractivity contribution in [1.29, 1.82) is 0 Å². The van der Waals surface area contributed by atoms with Crippen LogP contribution in [-0.2, 0) is 4.79 Å². The van der Waals surface area contributed by atoms with Gasteiger partial charge in [0, 0.05) is 42.9 Å². The van der Waals surface area contributed by atoms with E-state index in [4.69, 9.17) is 11.6 Å². The van der Waals surface area contributed by atoms with Gasteiger partial charge in [0.1, 0.15) is 0 Å². The second kappa shape index (κ2) is 12.1. The number of halogens is 1. The maximum atomic E-state index is 13.8. The average Bonchev–Trinajstić information content (AvgIpc) is 3.34. The van der Waals surface area contributed by atoms with E-state index in [0.717, 1.165) is 62.1 Å². The summed E-state index contributed by atoms with van der Waals surface area (Å²) in [4.78, 5) is 30.3. The number of benzene rings is 2. The lowest BCUT2D eigenvalue weighted by molar-refractivity contribution is -0.314. The molecule has 2 heterocycles. The van der Waals surface area contributed by atoms with Crippen LogP contribution in [0.3, 0.4) is 0 Å². The fourth-order valence-electron chi connectivity index (χ4n) is 6.06. The first kappa shape index (κ1) is 26.5. The lowest BCUT2D eigenvalue weighted by atomic mass is 9.74. The highest BCUT2D eigenvalue weighted by molar-refractivity contribution is 6.34. The third-order valence-electron chi connectivity index (χ3n) is 8.01. The molecule has 6 heteroatoms. The summed E-state index contributed by atoms with van der Waals surface area (Å²) in [6.07, 6.45) is 7.87. The summed E-state index contributed by atoms with van der Waals surface area (Å²) >= 11 is 6.65. The van der Waals surface area contributed by atoms with Crippen LogP contribution < -0.4 is 14.9 Å². The number of para-hydroxylation sites is 1. The fraction of sp³-hybridized carbons (Fsp3) is 0.533. The van der Waals surface area contributed by atoms with E-state index in [1.54, 1.807) is 4.90 Å². The van der Waals surface area contributed by atoms with Gasteiger partial charge < -0.3 is 19.7 Å². The fourth-order valence-corrected chi connectivity index (χ4v) is 6.32. The molecular weight excluding hydrogens is 472 g/mol. The van der Waals surface area contributed by atoms with Gasteiger partial charge in [-0.2, -0.15) is 0 Å². The van der Waals surface area contributed by atoms with Crippen LogP contribution in [0.1, 0.15) is 87.1 Å². The Bertz CT molecular complexity index is 1070. The molecule has 0 saturated carbocycles. The minimum absolute atomic E-state index is 0.00873. The number of hydrogen-bond donors (Lipinski definition) is 0. The second-order valence-corrected chi connectivity index (χ2v) is 10.8. The normalized spacial score (nSPS) is 19.5. The van der Waals surface area contributed by atoms with Gasteiger partial charge in [-0.25, -0.2) is 0 Å². The van der Waals surface area contributed by atoms with Crippen LogP contribution in [0.2, 0.25) is 5.02 Å². The Morgan fingerprint density at radius 1 is 1.06 bits per heavy atom. The molecule has 1 amide bonds. The highest BCUT2D eigenvalue weighted by atomic mass is 35.5. The Morgan fingerprint density at radius 3 is 2.50 bits per heavy atom. The van der Waals surface area contributed by atoms with E-state index >= 15 is 0 Å². The Hall–Kier alpha value is -2.53. The van der Waals surface area contributed by atoms with Crippen molar-refractivity contribution in [2.75, 3.05) is 29.4 Å². The molecule has 2 aliphatic heterocycles. The van der Waals surface area contributed by atoms with Gasteiger partial charge in [-0.1, -0.05) is 69.3 Å². The smallest absolute Gasteiger partial charge is 0.259 e. The Morgan fingerprint density at radius 2 is 1.81 bits per heavy atom. The van der Waals surface area contributed by atoms with Gasteiger partial charge in [-0.15, -0.1) is 0 Å². The molecular formula is C30H38ClN2O3-. The molecule has 0 N–H and O–H groups in total. The average molecular weight is 510 g/mol. The van der Waals surface area contributed by atoms with Crippen LogP contribution in [0.4, 0.5) is 11.4 Å². The van der Waals surface area contributed by atoms with Crippen molar-refractivity contribution >= 4 is 34.9 Å². The topological polar surface area (TPSA) is 63.7 Å². The SMILES string of the molecule is CCCCCC(C)[C@H](C(=O)[O-])[C@H]1CCCN(C(=O)c2ccc(N3CCCC3)cc2Cl)c2ccccc21. The molecule has 194 valence electrons. The van der Waals surface area contributed by atoms with Crippen LogP contribution in [0.5, 0.6) is 0 Å². The van der Waals surface area contributed by atoms with Crippen LogP contribution >= 0.6 is 11.6 Å². The van der Waals surface area contributed by atoms with E-state index < -0.39 is 11.9 Å². The van der Waals surface area contributed by atoms with E-state index in [2.05, 4.69) is 11.8 Å². The van der Waals surface area contributed by atoms with Gasteiger partial charge in [-0.05, 0) is 67.3 Å². The molecule has 2 aromatic rings. The number of carbonyl (C=O) groups excluding carboxylic acids is 2. The number of amides is 1. The van der Waals surface area contributed by atoms with E-state index in [1.165, 1.54) is 12.8 Å². The maximum Gasteiger partial charge on any atom is 0.259 e. The molecule has 2 aromatic carbocycles.